The van der Waals surface area contributed by atoms with Gasteiger partial charge in [0.25, 0.3) is 5.91 Å². The fourth-order valence-electron chi connectivity index (χ4n) is 1.06. The standard InChI is InChI=1S/C10H14N2O3/c1-6(13)4-12-10(15)9-3-8(5-11-9)7(2)14/h3,5-6,11,13H,4H2,1-2H3,(H,12,15)/t6-/m1/s1. The molecule has 5 nitrogen and oxygen atoms in total. The number of carbonyl (C=O) groups excluding carboxylic acids is 2. The van der Waals surface area contributed by atoms with Gasteiger partial charge in [0, 0.05) is 18.3 Å². The Morgan fingerprint density at radius 1 is 1.60 bits per heavy atom. The van der Waals surface area contributed by atoms with Crippen LogP contribution >= 0.6 is 0 Å². The van der Waals surface area contributed by atoms with Crippen molar-refractivity contribution in [2.45, 2.75) is 20.0 Å². The van der Waals surface area contributed by atoms with Crippen LogP contribution in [0.5, 0.6) is 0 Å². The largest absolute Gasteiger partial charge is 0.392 e. The highest BCUT2D eigenvalue weighted by atomic mass is 16.3. The number of rotatable bonds is 4. The van der Waals surface area contributed by atoms with Crippen molar-refractivity contribution in [2.75, 3.05) is 6.54 Å². The number of nitrogens with one attached hydrogen (secondary N) is 2. The summed E-state index contributed by atoms with van der Waals surface area (Å²) in [5, 5.41) is 11.5. The summed E-state index contributed by atoms with van der Waals surface area (Å²) in [4.78, 5) is 25.1. The molecule has 0 saturated heterocycles. The van der Waals surface area contributed by atoms with Gasteiger partial charge in [-0.15, -0.1) is 0 Å². The highest BCUT2D eigenvalue weighted by Crippen LogP contribution is 2.03. The number of aliphatic hydroxyl groups excluding tert-OH is 1. The van der Waals surface area contributed by atoms with E-state index >= 15 is 0 Å². The van der Waals surface area contributed by atoms with Crippen LogP contribution in [-0.2, 0) is 0 Å². The summed E-state index contributed by atoms with van der Waals surface area (Å²) >= 11 is 0. The molecule has 0 aliphatic carbocycles. The SMILES string of the molecule is CC(=O)c1c[nH]c(C(=O)NC[C@@H](C)O)c1. The van der Waals surface area contributed by atoms with Crippen molar-refractivity contribution in [3.8, 4) is 0 Å². The number of aliphatic hydroxyl groups is 1. The highest BCUT2D eigenvalue weighted by molar-refractivity contribution is 5.99. The lowest BCUT2D eigenvalue weighted by molar-refractivity contribution is 0.0919. The first-order valence-electron chi connectivity index (χ1n) is 4.66. The van der Waals surface area contributed by atoms with Gasteiger partial charge < -0.3 is 15.4 Å². The number of aromatic amines is 1. The molecule has 1 aromatic rings. The summed E-state index contributed by atoms with van der Waals surface area (Å²) in [6, 6.07) is 1.49. The van der Waals surface area contributed by atoms with Crippen LogP contribution in [0.4, 0.5) is 0 Å². The molecule has 0 bridgehead atoms. The molecule has 0 aliphatic heterocycles. The lowest BCUT2D eigenvalue weighted by Gasteiger charge is -2.04. The Morgan fingerprint density at radius 3 is 2.73 bits per heavy atom. The third-order valence-corrected chi connectivity index (χ3v) is 1.89. The Kier molecular flexibility index (Phi) is 3.62. The summed E-state index contributed by atoms with van der Waals surface area (Å²) < 4.78 is 0. The summed E-state index contributed by atoms with van der Waals surface area (Å²) in [5.74, 6) is -0.427. The number of ketones is 1. The van der Waals surface area contributed by atoms with Crippen LogP contribution < -0.4 is 5.32 Å². The van der Waals surface area contributed by atoms with Crippen LogP contribution in [0.3, 0.4) is 0 Å². The zero-order chi connectivity index (χ0) is 11.4. The maximum atomic E-state index is 11.4. The smallest absolute Gasteiger partial charge is 0.267 e. The Bertz CT molecular complexity index is 368. The molecule has 5 heteroatoms. The first-order valence-corrected chi connectivity index (χ1v) is 4.66. The van der Waals surface area contributed by atoms with E-state index in [-0.39, 0.29) is 18.2 Å². The van der Waals surface area contributed by atoms with E-state index in [0.29, 0.717) is 11.3 Å². The zero-order valence-corrected chi connectivity index (χ0v) is 8.70. The van der Waals surface area contributed by atoms with Crippen molar-refractivity contribution in [3.05, 3.63) is 23.5 Å². The molecular weight excluding hydrogens is 196 g/mol. The predicted octanol–water partition coefficient (Wildman–Crippen LogP) is 0.328. The fourth-order valence-corrected chi connectivity index (χ4v) is 1.06. The number of Topliss-reactive ketones (excluding diaryl/α,β-unsaturated/α-hetero) is 1. The summed E-state index contributed by atoms with van der Waals surface area (Å²) in [5.41, 5.74) is 0.790. The predicted molar refractivity (Wildman–Crippen MR) is 54.8 cm³/mol. The average Bonchev–Trinajstić information content (AvgIpc) is 2.62. The van der Waals surface area contributed by atoms with E-state index in [0.717, 1.165) is 0 Å². The number of hydrogen-bond acceptors (Lipinski definition) is 3. The first kappa shape index (κ1) is 11.5. The number of carbonyl (C=O) groups is 2. The minimum atomic E-state index is -0.587. The quantitative estimate of drug-likeness (QED) is 0.626. The van der Waals surface area contributed by atoms with Crippen molar-refractivity contribution in [1.29, 1.82) is 0 Å². The second-order valence-electron chi connectivity index (χ2n) is 3.42. The molecule has 0 spiro atoms. The molecule has 1 atom stereocenters. The van der Waals surface area contributed by atoms with Crippen molar-refractivity contribution < 1.29 is 14.7 Å². The monoisotopic (exact) mass is 210 g/mol. The van der Waals surface area contributed by atoms with E-state index in [1.807, 2.05) is 0 Å². The van der Waals surface area contributed by atoms with Crippen LogP contribution in [0.2, 0.25) is 0 Å². The Labute approximate surface area is 87.5 Å². The highest BCUT2D eigenvalue weighted by Gasteiger charge is 2.10. The Morgan fingerprint density at radius 2 is 2.27 bits per heavy atom. The van der Waals surface area contributed by atoms with E-state index in [2.05, 4.69) is 10.3 Å². The lowest BCUT2D eigenvalue weighted by atomic mass is 10.2. The number of H-pyrrole nitrogens is 1. The van der Waals surface area contributed by atoms with Crippen molar-refractivity contribution in [2.24, 2.45) is 0 Å². The minimum absolute atomic E-state index is 0.0965. The molecule has 0 unspecified atom stereocenters. The molecule has 15 heavy (non-hydrogen) atoms. The van der Waals surface area contributed by atoms with E-state index in [9.17, 15) is 9.59 Å². The first-order chi connectivity index (χ1) is 7.00. The van der Waals surface area contributed by atoms with Crippen LogP contribution in [0.1, 0.15) is 34.7 Å². The molecule has 0 radical (unpaired) electrons. The van der Waals surface area contributed by atoms with Gasteiger partial charge in [-0.25, -0.2) is 0 Å². The molecule has 0 saturated carbocycles. The molecule has 82 valence electrons. The maximum Gasteiger partial charge on any atom is 0.267 e. The van der Waals surface area contributed by atoms with Gasteiger partial charge in [0.2, 0.25) is 0 Å². The van der Waals surface area contributed by atoms with Gasteiger partial charge in [-0.3, -0.25) is 9.59 Å². The topological polar surface area (TPSA) is 82.2 Å². The summed E-state index contributed by atoms with van der Waals surface area (Å²) in [6.07, 6.45) is 0.899. The number of aromatic nitrogens is 1. The normalized spacial score (nSPS) is 12.2. The average molecular weight is 210 g/mol. The van der Waals surface area contributed by atoms with Crippen molar-refractivity contribution >= 4 is 11.7 Å². The van der Waals surface area contributed by atoms with Gasteiger partial charge in [-0.05, 0) is 19.9 Å². The second-order valence-corrected chi connectivity index (χ2v) is 3.42. The Hall–Kier alpha value is -1.62. The zero-order valence-electron chi connectivity index (χ0n) is 8.70. The molecule has 1 rings (SSSR count). The third-order valence-electron chi connectivity index (χ3n) is 1.89. The van der Waals surface area contributed by atoms with Gasteiger partial charge in [-0.1, -0.05) is 0 Å². The molecule has 3 N–H and O–H groups in total. The molecule has 1 aromatic heterocycles. The van der Waals surface area contributed by atoms with E-state index < -0.39 is 6.10 Å². The van der Waals surface area contributed by atoms with Crippen molar-refractivity contribution in [3.63, 3.8) is 0 Å². The van der Waals surface area contributed by atoms with Gasteiger partial charge in [0.1, 0.15) is 5.69 Å². The van der Waals surface area contributed by atoms with Crippen LogP contribution in [-0.4, -0.2) is 34.4 Å². The third kappa shape index (κ3) is 3.21. The number of hydrogen-bond donors (Lipinski definition) is 3. The van der Waals surface area contributed by atoms with Crippen molar-refractivity contribution in [1.82, 2.24) is 10.3 Å². The van der Waals surface area contributed by atoms with Gasteiger partial charge in [-0.2, -0.15) is 0 Å². The molecule has 1 heterocycles. The molecular formula is C10H14N2O3. The summed E-state index contributed by atoms with van der Waals surface area (Å²) in [7, 11) is 0. The second kappa shape index (κ2) is 4.75. The molecule has 0 fully saturated rings. The van der Waals surface area contributed by atoms with Crippen LogP contribution in [0.25, 0.3) is 0 Å². The maximum absolute atomic E-state index is 11.4. The van der Waals surface area contributed by atoms with Gasteiger partial charge in [0.05, 0.1) is 6.10 Å². The van der Waals surface area contributed by atoms with Crippen LogP contribution in [0, 0.1) is 0 Å². The van der Waals surface area contributed by atoms with E-state index in [1.165, 1.54) is 19.2 Å². The lowest BCUT2D eigenvalue weighted by Crippen LogP contribution is -2.30. The molecule has 1 amide bonds. The molecule has 0 aliphatic rings. The van der Waals surface area contributed by atoms with Gasteiger partial charge >= 0.3 is 0 Å². The molecule has 0 aromatic carbocycles. The van der Waals surface area contributed by atoms with E-state index in [4.69, 9.17) is 5.11 Å². The summed E-state index contributed by atoms with van der Waals surface area (Å²) in [6.45, 7) is 3.20. The number of amides is 1. The Balaban J connectivity index is 2.62. The van der Waals surface area contributed by atoms with Gasteiger partial charge in [0.15, 0.2) is 5.78 Å². The minimum Gasteiger partial charge on any atom is -0.392 e. The fraction of sp³-hybridized carbons (Fsp3) is 0.400. The van der Waals surface area contributed by atoms with E-state index in [1.54, 1.807) is 6.92 Å². The van der Waals surface area contributed by atoms with Crippen LogP contribution in [0.15, 0.2) is 12.3 Å².